The second kappa shape index (κ2) is 10.0. The van der Waals surface area contributed by atoms with E-state index in [9.17, 15) is 0 Å². The van der Waals surface area contributed by atoms with Gasteiger partial charge < -0.3 is 28.8 Å². The van der Waals surface area contributed by atoms with Crippen molar-refractivity contribution in [3.63, 3.8) is 0 Å². The first-order valence-electron chi connectivity index (χ1n) is 5.72. The van der Waals surface area contributed by atoms with Crippen LogP contribution in [0.4, 0.5) is 0 Å². The first kappa shape index (κ1) is 17.3. The van der Waals surface area contributed by atoms with Crippen molar-refractivity contribution in [2.75, 3.05) is 0 Å². The third kappa shape index (κ3) is 8.42. The van der Waals surface area contributed by atoms with E-state index in [-0.39, 0.29) is 5.04 Å². The Bertz CT molecular complexity index is 200. The maximum atomic E-state index is 5.85. The lowest BCUT2D eigenvalue weighted by molar-refractivity contribution is 0.319. The van der Waals surface area contributed by atoms with Gasteiger partial charge in [0.2, 0.25) is 0 Å². The van der Waals surface area contributed by atoms with Gasteiger partial charge in [0.25, 0.3) is 60.0 Å². The Morgan fingerprint density at radius 3 is 1.28 bits per heavy atom. The summed E-state index contributed by atoms with van der Waals surface area (Å²) >= 11 is 0. The SMILES string of the molecule is CC(C)(C)[SiH]1O[SiH2]O[SiH2]O[SiH2]O[SiH2]O[SiH2]O[SiH2]O1. The van der Waals surface area contributed by atoms with Crippen LogP contribution < -0.4 is 0 Å². The zero-order chi connectivity index (χ0) is 13.3. The highest BCUT2D eigenvalue weighted by molar-refractivity contribution is 6.61. The molecule has 0 atom stereocenters. The van der Waals surface area contributed by atoms with Crippen LogP contribution in [-0.2, 0) is 28.8 Å². The van der Waals surface area contributed by atoms with Crippen molar-refractivity contribution in [2.24, 2.45) is 0 Å². The molecule has 108 valence electrons. The van der Waals surface area contributed by atoms with E-state index >= 15 is 0 Å². The average Bonchev–Trinajstić information content (AvgIpc) is 2.30. The summed E-state index contributed by atoms with van der Waals surface area (Å²) in [6.45, 7) is 6.43. The van der Waals surface area contributed by atoms with Crippen molar-refractivity contribution < 1.29 is 28.8 Å². The quantitative estimate of drug-likeness (QED) is 0.392. The summed E-state index contributed by atoms with van der Waals surface area (Å²) in [7, 11) is -7.18. The van der Waals surface area contributed by atoms with E-state index in [1.807, 2.05) is 0 Å². The van der Waals surface area contributed by atoms with Crippen LogP contribution in [0, 0.1) is 0 Å². The summed E-state index contributed by atoms with van der Waals surface area (Å²) in [6, 6.07) is 0. The number of hydrogen-bond donors (Lipinski definition) is 0. The van der Waals surface area contributed by atoms with Crippen molar-refractivity contribution in [3.8, 4) is 0 Å². The van der Waals surface area contributed by atoms with Gasteiger partial charge in [0, 0.05) is 5.04 Å². The Labute approximate surface area is 124 Å². The Kier molecular flexibility index (Phi) is 9.64. The first-order chi connectivity index (χ1) is 8.61. The van der Waals surface area contributed by atoms with Crippen LogP contribution in [0.3, 0.4) is 0 Å². The fourth-order valence-electron chi connectivity index (χ4n) is 1.17. The second-order valence-corrected chi connectivity index (χ2v) is 19.4. The molecule has 0 spiro atoms. The van der Waals surface area contributed by atoms with Crippen LogP contribution in [-0.4, -0.2) is 69.3 Å². The van der Waals surface area contributed by atoms with Gasteiger partial charge in [-0.1, -0.05) is 20.8 Å². The minimum absolute atomic E-state index is 0.0707. The van der Waals surface area contributed by atoms with Gasteiger partial charge in [-0.15, -0.1) is 0 Å². The molecule has 0 aromatic heterocycles. The summed E-state index contributed by atoms with van der Waals surface area (Å²) < 4.78 is 38.9. The van der Waals surface area contributed by atoms with Gasteiger partial charge in [0.15, 0.2) is 0 Å². The molecule has 1 saturated heterocycles. The summed E-state index contributed by atoms with van der Waals surface area (Å²) in [5, 5.41) is 0.0707. The highest BCUT2D eigenvalue weighted by Gasteiger charge is 2.29. The molecule has 0 bridgehead atoms. The minimum atomic E-state index is -1.70. The predicted octanol–water partition coefficient (Wildman–Crippen LogP) is -4.87. The smallest absolute Gasteiger partial charge is 0.308 e. The van der Waals surface area contributed by atoms with Gasteiger partial charge in [0.1, 0.15) is 0 Å². The van der Waals surface area contributed by atoms with Crippen molar-refractivity contribution in [2.45, 2.75) is 25.8 Å². The van der Waals surface area contributed by atoms with Crippen LogP contribution >= 0.6 is 0 Å². The third-order valence-electron chi connectivity index (χ3n) is 1.98. The molecule has 0 unspecified atom stereocenters. The molecule has 0 aliphatic carbocycles. The lowest BCUT2D eigenvalue weighted by Crippen LogP contribution is -2.37. The molecular formula is C4H22O7Si7. The summed E-state index contributed by atoms with van der Waals surface area (Å²) in [6.07, 6.45) is 0. The summed E-state index contributed by atoms with van der Waals surface area (Å²) in [5.74, 6) is 0. The van der Waals surface area contributed by atoms with Gasteiger partial charge in [0.05, 0.1) is 0 Å². The predicted molar refractivity (Wildman–Crippen MR) is 85.7 cm³/mol. The van der Waals surface area contributed by atoms with E-state index in [1.54, 1.807) is 0 Å². The molecule has 1 heterocycles. The van der Waals surface area contributed by atoms with E-state index in [4.69, 9.17) is 28.8 Å². The number of rotatable bonds is 0. The summed E-state index contributed by atoms with van der Waals surface area (Å²) in [4.78, 5) is 0. The maximum absolute atomic E-state index is 5.85. The zero-order valence-corrected chi connectivity index (χ0v) is 20.8. The van der Waals surface area contributed by atoms with Crippen LogP contribution in [0.1, 0.15) is 20.8 Å². The Morgan fingerprint density at radius 2 is 0.944 bits per heavy atom. The Hall–Kier alpha value is 1.24. The van der Waals surface area contributed by atoms with Crippen LogP contribution in [0.2, 0.25) is 5.04 Å². The molecule has 0 amide bonds. The van der Waals surface area contributed by atoms with Crippen molar-refractivity contribution in [3.05, 3.63) is 0 Å². The van der Waals surface area contributed by atoms with Gasteiger partial charge in [-0.25, -0.2) is 0 Å². The van der Waals surface area contributed by atoms with Gasteiger partial charge in [-0.2, -0.15) is 0 Å². The first-order valence-corrected chi connectivity index (χ1v) is 14.2. The van der Waals surface area contributed by atoms with Crippen molar-refractivity contribution >= 4 is 69.3 Å². The lowest BCUT2D eigenvalue weighted by atomic mass is 10.3. The molecule has 14 heteroatoms. The standard InChI is InChI=1S/C4H22O7Si7/c1-4(2,3)18-10-16-8-14-6-12-5-13-7-15-9-17-11-18/h18H,12-17H2,1-3H3. The van der Waals surface area contributed by atoms with E-state index in [0.717, 1.165) is 0 Å². The van der Waals surface area contributed by atoms with E-state index < -0.39 is 69.3 Å². The largest absolute Gasteiger partial charge is 0.425 e. The molecule has 0 radical (unpaired) electrons. The van der Waals surface area contributed by atoms with Crippen molar-refractivity contribution in [1.29, 1.82) is 0 Å². The van der Waals surface area contributed by atoms with Gasteiger partial charge in [-0.05, 0) is 0 Å². The zero-order valence-electron chi connectivity index (χ0n) is 11.2. The maximum Gasteiger partial charge on any atom is 0.308 e. The molecule has 18 heavy (non-hydrogen) atoms. The Morgan fingerprint density at radius 1 is 0.611 bits per heavy atom. The van der Waals surface area contributed by atoms with E-state index in [0.29, 0.717) is 0 Å². The Balaban J connectivity index is 2.34. The fourth-order valence-corrected chi connectivity index (χ4v) is 17.4. The highest BCUT2D eigenvalue weighted by atomic mass is 28.4. The molecule has 1 aliphatic heterocycles. The molecule has 1 rings (SSSR count). The molecule has 1 aliphatic rings. The number of hydrogen-bond acceptors (Lipinski definition) is 7. The topological polar surface area (TPSA) is 64.6 Å². The molecule has 7 nitrogen and oxygen atoms in total. The summed E-state index contributed by atoms with van der Waals surface area (Å²) in [5.41, 5.74) is 0. The minimum Gasteiger partial charge on any atom is -0.425 e. The van der Waals surface area contributed by atoms with E-state index in [2.05, 4.69) is 20.8 Å². The van der Waals surface area contributed by atoms with Gasteiger partial charge in [-0.3, -0.25) is 0 Å². The monoisotopic (exact) mass is 378 g/mol. The molecule has 0 aromatic rings. The van der Waals surface area contributed by atoms with Crippen LogP contribution in [0.5, 0.6) is 0 Å². The molecular weight excluding hydrogens is 357 g/mol. The highest BCUT2D eigenvalue weighted by Crippen LogP contribution is 2.27. The molecule has 0 N–H and O–H groups in total. The second-order valence-electron chi connectivity index (χ2n) is 4.76. The molecule has 0 saturated carbocycles. The molecule has 0 aromatic carbocycles. The van der Waals surface area contributed by atoms with Gasteiger partial charge >= 0.3 is 9.28 Å². The normalized spacial score (nSPS) is 34.5. The van der Waals surface area contributed by atoms with Crippen LogP contribution in [0.25, 0.3) is 0 Å². The van der Waals surface area contributed by atoms with E-state index in [1.165, 1.54) is 0 Å². The van der Waals surface area contributed by atoms with Crippen molar-refractivity contribution in [1.82, 2.24) is 0 Å². The lowest BCUT2D eigenvalue weighted by Gasteiger charge is -2.28. The fraction of sp³-hybridized carbons (Fsp3) is 1.00. The van der Waals surface area contributed by atoms with Crippen LogP contribution in [0.15, 0.2) is 0 Å². The average molecular weight is 379 g/mol. The third-order valence-corrected chi connectivity index (χ3v) is 13.6. The molecule has 1 fully saturated rings.